The molecule has 0 aliphatic rings. The van der Waals surface area contributed by atoms with Crippen LogP contribution >= 0.6 is 0 Å². The zero-order chi connectivity index (χ0) is 12.3. The number of benzene rings is 1. The van der Waals surface area contributed by atoms with Gasteiger partial charge in [-0.2, -0.15) is 0 Å². The van der Waals surface area contributed by atoms with Crippen molar-refractivity contribution in [3.8, 4) is 0 Å². The van der Waals surface area contributed by atoms with Crippen LogP contribution in [-0.4, -0.2) is 27.2 Å². The minimum absolute atomic E-state index is 0.156. The summed E-state index contributed by atoms with van der Waals surface area (Å²) in [6.45, 7) is 4.24. The molecular formula is C13H17N3O. The van der Waals surface area contributed by atoms with Gasteiger partial charge in [-0.05, 0) is 32.4 Å². The van der Waals surface area contributed by atoms with Crippen molar-refractivity contribution in [1.82, 2.24) is 9.97 Å². The van der Waals surface area contributed by atoms with Crippen molar-refractivity contribution in [3.05, 3.63) is 30.6 Å². The average Bonchev–Trinajstić information content (AvgIpc) is 2.29. The zero-order valence-corrected chi connectivity index (χ0v) is 10.1. The van der Waals surface area contributed by atoms with Crippen LogP contribution in [0.5, 0.6) is 0 Å². The van der Waals surface area contributed by atoms with E-state index in [1.54, 1.807) is 6.33 Å². The Bertz CT molecular complexity index is 505. The number of nitrogens with one attached hydrogen (secondary N) is 1. The number of nitrogens with zero attached hydrogens (tertiary/aromatic N) is 2. The van der Waals surface area contributed by atoms with Gasteiger partial charge in [0.2, 0.25) is 0 Å². The Hall–Kier alpha value is -1.68. The molecule has 0 saturated heterocycles. The zero-order valence-electron chi connectivity index (χ0n) is 10.1. The van der Waals surface area contributed by atoms with E-state index in [2.05, 4.69) is 15.3 Å². The summed E-state index contributed by atoms with van der Waals surface area (Å²) >= 11 is 0. The van der Waals surface area contributed by atoms with Gasteiger partial charge in [0.1, 0.15) is 12.1 Å². The van der Waals surface area contributed by atoms with E-state index in [0.29, 0.717) is 6.42 Å². The van der Waals surface area contributed by atoms with Crippen LogP contribution in [0.3, 0.4) is 0 Å². The van der Waals surface area contributed by atoms with Crippen molar-refractivity contribution in [1.29, 1.82) is 0 Å². The minimum atomic E-state index is -0.189. The summed E-state index contributed by atoms with van der Waals surface area (Å²) in [5.74, 6) is 0.814. The number of fused-ring (bicyclic) bond motifs is 1. The molecule has 4 heteroatoms. The first-order valence-electron chi connectivity index (χ1n) is 5.71. The molecule has 0 atom stereocenters. The second-order valence-electron chi connectivity index (χ2n) is 4.72. The van der Waals surface area contributed by atoms with Gasteiger partial charge >= 0.3 is 0 Å². The predicted molar refractivity (Wildman–Crippen MR) is 68.9 cm³/mol. The number of hydrogen-bond acceptors (Lipinski definition) is 4. The maximum absolute atomic E-state index is 9.02. The van der Waals surface area contributed by atoms with Crippen LogP contribution in [0.15, 0.2) is 30.6 Å². The van der Waals surface area contributed by atoms with Crippen molar-refractivity contribution < 1.29 is 5.11 Å². The number of aliphatic hydroxyl groups is 1. The lowest BCUT2D eigenvalue weighted by Crippen LogP contribution is -2.32. The number of hydrogen-bond donors (Lipinski definition) is 2. The smallest absolute Gasteiger partial charge is 0.137 e. The lowest BCUT2D eigenvalue weighted by Gasteiger charge is -2.26. The van der Waals surface area contributed by atoms with Crippen LogP contribution in [0.2, 0.25) is 0 Å². The van der Waals surface area contributed by atoms with E-state index in [-0.39, 0.29) is 12.1 Å². The van der Waals surface area contributed by atoms with E-state index in [0.717, 1.165) is 16.7 Å². The maximum Gasteiger partial charge on any atom is 0.137 e. The standard InChI is InChI=1S/C13H17N3O/c1-13(2,7-8-17)16-12-10-5-3-4-6-11(10)14-9-15-12/h3-6,9,17H,7-8H2,1-2H3,(H,14,15,16). The lowest BCUT2D eigenvalue weighted by molar-refractivity contribution is 0.260. The number of rotatable bonds is 4. The Morgan fingerprint density at radius 3 is 2.76 bits per heavy atom. The number of aliphatic hydroxyl groups excluding tert-OH is 1. The molecule has 0 fully saturated rings. The van der Waals surface area contributed by atoms with Crippen molar-refractivity contribution in [2.24, 2.45) is 0 Å². The first-order chi connectivity index (χ1) is 8.12. The number of aromatic nitrogens is 2. The van der Waals surface area contributed by atoms with E-state index in [1.807, 2.05) is 38.1 Å². The Morgan fingerprint density at radius 1 is 1.24 bits per heavy atom. The molecule has 1 aromatic carbocycles. The van der Waals surface area contributed by atoms with Gasteiger partial charge in [0, 0.05) is 17.5 Å². The molecular weight excluding hydrogens is 214 g/mol. The Balaban J connectivity index is 2.36. The molecule has 17 heavy (non-hydrogen) atoms. The Kier molecular flexibility index (Phi) is 3.24. The highest BCUT2D eigenvalue weighted by molar-refractivity contribution is 5.88. The first kappa shape index (κ1) is 11.8. The minimum Gasteiger partial charge on any atom is -0.396 e. The largest absolute Gasteiger partial charge is 0.396 e. The van der Waals surface area contributed by atoms with Crippen LogP contribution in [-0.2, 0) is 0 Å². The van der Waals surface area contributed by atoms with Gasteiger partial charge in [-0.3, -0.25) is 0 Å². The molecule has 0 aliphatic carbocycles. The molecule has 0 radical (unpaired) electrons. The molecule has 1 aromatic heterocycles. The molecule has 2 aromatic rings. The molecule has 2 rings (SSSR count). The fourth-order valence-electron chi connectivity index (χ4n) is 1.77. The summed E-state index contributed by atoms with van der Waals surface area (Å²) in [6.07, 6.45) is 2.23. The second-order valence-corrected chi connectivity index (χ2v) is 4.72. The summed E-state index contributed by atoms with van der Waals surface area (Å²) in [5.41, 5.74) is 0.732. The number of anilines is 1. The van der Waals surface area contributed by atoms with Gasteiger partial charge in [-0.25, -0.2) is 9.97 Å². The molecule has 2 N–H and O–H groups in total. The average molecular weight is 231 g/mol. The van der Waals surface area contributed by atoms with Crippen molar-refractivity contribution in [3.63, 3.8) is 0 Å². The lowest BCUT2D eigenvalue weighted by atomic mass is 10.0. The van der Waals surface area contributed by atoms with Crippen LogP contribution in [0.4, 0.5) is 5.82 Å². The quantitative estimate of drug-likeness (QED) is 0.847. The topological polar surface area (TPSA) is 58.0 Å². The number of para-hydroxylation sites is 1. The summed E-state index contributed by atoms with van der Waals surface area (Å²) < 4.78 is 0. The third-order valence-electron chi connectivity index (χ3n) is 2.74. The van der Waals surface area contributed by atoms with Crippen LogP contribution in [0.1, 0.15) is 20.3 Å². The van der Waals surface area contributed by atoms with Crippen molar-refractivity contribution in [2.45, 2.75) is 25.8 Å². The van der Waals surface area contributed by atoms with E-state index in [9.17, 15) is 0 Å². The monoisotopic (exact) mass is 231 g/mol. The summed E-state index contributed by atoms with van der Waals surface area (Å²) in [5, 5.41) is 13.4. The maximum atomic E-state index is 9.02. The van der Waals surface area contributed by atoms with Gasteiger partial charge in [0.05, 0.1) is 5.52 Å². The molecule has 0 amide bonds. The van der Waals surface area contributed by atoms with Gasteiger partial charge in [0.25, 0.3) is 0 Å². The van der Waals surface area contributed by atoms with E-state index in [4.69, 9.17) is 5.11 Å². The molecule has 4 nitrogen and oxygen atoms in total. The third kappa shape index (κ3) is 2.71. The Morgan fingerprint density at radius 2 is 2.00 bits per heavy atom. The fourth-order valence-corrected chi connectivity index (χ4v) is 1.77. The highest BCUT2D eigenvalue weighted by Crippen LogP contribution is 2.23. The third-order valence-corrected chi connectivity index (χ3v) is 2.74. The summed E-state index contributed by atoms with van der Waals surface area (Å²) in [6, 6.07) is 7.88. The molecule has 0 unspecified atom stereocenters. The summed E-state index contributed by atoms with van der Waals surface area (Å²) in [7, 11) is 0. The Labute approximate surface area is 101 Å². The fraction of sp³-hybridized carbons (Fsp3) is 0.385. The first-order valence-corrected chi connectivity index (χ1v) is 5.71. The van der Waals surface area contributed by atoms with Gasteiger partial charge in [-0.1, -0.05) is 12.1 Å². The highest BCUT2D eigenvalue weighted by atomic mass is 16.3. The highest BCUT2D eigenvalue weighted by Gasteiger charge is 2.18. The van der Waals surface area contributed by atoms with E-state index >= 15 is 0 Å². The van der Waals surface area contributed by atoms with E-state index in [1.165, 1.54) is 0 Å². The van der Waals surface area contributed by atoms with Crippen LogP contribution in [0.25, 0.3) is 10.9 Å². The van der Waals surface area contributed by atoms with Crippen LogP contribution in [0, 0.1) is 0 Å². The molecule has 0 bridgehead atoms. The van der Waals surface area contributed by atoms with Crippen LogP contribution < -0.4 is 5.32 Å². The second kappa shape index (κ2) is 4.67. The van der Waals surface area contributed by atoms with Gasteiger partial charge < -0.3 is 10.4 Å². The molecule has 0 saturated carbocycles. The van der Waals surface area contributed by atoms with Crippen molar-refractivity contribution in [2.75, 3.05) is 11.9 Å². The molecule has 90 valence electrons. The summed E-state index contributed by atoms with van der Waals surface area (Å²) in [4.78, 5) is 8.49. The van der Waals surface area contributed by atoms with E-state index < -0.39 is 0 Å². The molecule has 1 heterocycles. The molecule has 0 aliphatic heterocycles. The van der Waals surface area contributed by atoms with Gasteiger partial charge in [-0.15, -0.1) is 0 Å². The SMILES string of the molecule is CC(C)(CCO)Nc1ncnc2ccccc12. The van der Waals surface area contributed by atoms with Crippen molar-refractivity contribution >= 4 is 16.7 Å². The predicted octanol–water partition coefficient (Wildman–Crippen LogP) is 2.20. The van der Waals surface area contributed by atoms with Gasteiger partial charge in [0.15, 0.2) is 0 Å². The normalized spacial score (nSPS) is 11.7. The molecule has 0 spiro atoms.